The van der Waals surface area contributed by atoms with Gasteiger partial charge in [0.25, 0.3) is 0 Å². The van der Waals surface area contributed by atoms with Crippen LogP contribution in [0.3, 0.4) is 0 Å². The van der Waals surface area contributed by atoms with Crippen LogP contribution in [0.2, 0.25) is 0 Å². The molecule has 0 saturated heterocycles. The summed E-state index contributed by atoms with van der Waals surface area (Å²) in [4.78, 5) is 4.49. The van der Waals surface area contributed by atoms with Gasteiger partial charge in [-0.2, -0.15) is 5.10 Å². The Morgan fingerprint density at radius 2 is 2.21 bits per heavy atom. The van der Waals surface area contributed by atoms with Gasteiger partial charge in [-0.3, -0.25) is 9.67 Å². The first kappa shape index (κ1) is 13.5. The van der Waals surface area contributed by atoms with Crippen molar-refractivity contribution >= 4 is 23.0 Å². The summed E-state index contributed by atoms with van der Waals surface area (Å²) in [5, 5.41) is 7.67. The maximum absolute atomic E-state index is 5.75. The van der Waals surface area contributed by atoms with Gasteiger partial charge in [0.1, 0.15) is 10.8 Å². The van der Waals surface area contributed by atoms with Crippen molar-refractivity contribution in [1.82, 2.24) is 14.8 Å². The number of rotatable bonds is 4. The molecule has 19 heavy (non-hydrogen) atoms. The summed E-state index contributed by atoms with van der Waals surface area (Å²) in [5.41, 5.74) is 9.72. The molecule has 2 aromatic heterocycles. The third-order valence-corrected chi connectivity index (χ3v) is 3.27. The number of aromatic nitrogens is 3. The predicted molar refractivity (Wildman–Crippen MR) is 80.1 cm³/mol. The highest BCUT2D eigenvalue weighted by Gasteiger charge is 2.15. The molecule has 0 aliphatic rings. The minimum atomic E-state index is 0.357. The van der Waals surface area contributed by atoms with E-state index in [1.807, 2.05) is 26.2 Å². The van der Waals surface area contributed by atoms with Crippen LogP contribution in [0.1, 0.15) is 22.4 Å². The molecule has 0 aromatic carbocycles. The zero-order valence-electron chi connectivity index (χ0n) is 11.3. The standard InChI is InChI=1S/C13H17N5S/c1-8-4-5-15-6-10(8)7-16-13-11(12(14)19)9(2)17-18(13)3/h4-6,16H,7H2,1-3H3,(H2,14,19). The molecular formula is C13H17N5S. The van der Waals surface area contributed by atoms with Gasteiger partial charge in [0.2, 0.25) is 0 Å². The van der Waals surface area contributed by atoms with Crippen LogP contribution in [0.5, 0.6) is 0 Å². The number of anilines is 1. The molecule has 3 N–H and O–H groups in total. The molecule has 2 rings (SSSR count). The Morgan fingerprint density at radius 3 is 2.84 bits per heavy atom. The highest BCUT2D eigenvalue weighted by Crippen LogP contribution is 2.19. The zero-order valence-corrected chi connectivity index (χ0v) is 12.1. The molecule has 0 aliphatic carbocycles. The first-order chi connectivity index (χ1) is 9.00. The molecule has 2 aromatic rings. The van der Waals surface area contributed by atoms with Crippen LogP contribution in [-0.4, -0.2) is 19.8 Å². The van der Waals surface area contributed by atoms with E-state index >= 15 is 0 Å². The fourth-order valence-corrected chi connectivity index (χ4v) is 2.26. The summed E-state index contributed by atoms with van der Waals surface area (Å²) in [5.74, 6) is 0.841. The number of thiocarbonyl (C=S) groups is 1. The van der Waals surface area contributed by atoms with Crippen LogP contribution in [0.15, 0.2) is 18.5 Å². The molecule has 0 saturated carbocycles. The highest BCUT2D eigenvalue weighted by molar-refractivity contribution is 7.80. The third-order valence-electron chi connectivity index (χ3n) is 3.06. The van der Waals surface area contributed by atoms with E-state index in [9.17, 15) is 0 Å². The second-order valence-corrected chi connectivity index (χ2v) is 4.89. The molecule has 6 heteroatoms. The van der Waals surface area contributed by atoms with Gasteiger partial charge in [-0.15, -0.1) is 0 Å². The molecular weight excluding hydrogens is 258 g/mol. The van der Waals surface area contributed by atoms with Crippen LogP contribution < -0.4 is 11.1 Å². The van der Waals surface area contributed by atoms with Gasteiger partial charge in [0, 0.05) is 26.0 Å². The van der Waals surface area contributed by atoms with Gasteiger partial charge in [0.15, 0.2) is 0 Å². The Hall–Kier alpha value is -1.95. The number of hydrogen-bond donors (Lipinski definition) is 2. The molecule has 100 valence electrons. The average molecular weight is 275 g/mol. The summed E-state index contributed by atoms with van der Waals surface area (Å²) in [6.07, 6.45) is 3.64. The number of hydrogen-bond acceptors (Lipinski definition) is 4. The fraction of sp³-hybridized carbons (Fsp3) is 0.308. The van der Waals surface area contributed by atoms with Crippen LogP contribution in [0.25, 0.3) is 0 Å². The Bertz CT molecular complexity index is 617. The van der Waals surface area contributed by atoms with Gasteiger partial charge in [-0.05, 0) is 31.0 Å². The number of nitrogens with one attached hydrogen (secondary N) is 1. The molecule has 0 bridgehead atoms. The Kier molecular flexibility index (Phi) is 3.80. The molecule has 0 aliphatic heterocycles. The lowest BCUT2D eigenvalue weighted by Crippen LogP contribution is -2.14. The molecule has 0 fully saturated rings. The van der Waals surface area contributed by atoms with E-state index in [1.165, 1.54) is 5.56 Å². The van der Waals surface area contributed by atoms with Crippen molar-refractivity contribution in [2.45, 2.75) is 20.4 Å². The van der Waals surface area contributed by atoms with Crippen molar-refractivity contribution in [1.29, 1.82) is 0 Å². The molecule has 0 spiro atoms. The average Bonchev–Trinajstić information content (AvgIpc) is 2.63. The van der Waals surface area contributed by atoms with E-state index in [0.717, 1.165) is 22.6 Å². The number of aryl methyl sites for hydroxylation is 3. The van der Waals surface area contributed by atoms with Crippen LogP contribution in [0, 0.1) is 13.8 Å². The van der Waals surface area contributed by atoms with E-state index in [-0.39, 0.29) is 0 Å². The minimum absolute atomic E-state index is 0.357. The lowest BCUT2D eigenvalue weighted by Gasteiger charge is -2.10. The van der Waals surface area contributed by atoms with Crippen LogP contribution in [0.4, 0.5) is 5.82 Å². The Morgan fingerprint density at radius 1 is 1.47 bits per heavy atom. The zero-order chi connectivity index (χ0) is 14.0. The quantitative estimate of drug-likeness (QED) is 0.831. The summed E-state index contributed by atoms with van der Waals surface area (Å²) in [6.45, 7) is 4.62. The van der Waals surface area contributed by atoms with Crippen LogP contribution >= 0.6 is 12.2 Å². The number of pyridine rings is 1. The SMILES string of the molecule is Cc1ccncc1CNc1c(C(N)=S)c(C)nn1C. The van der Waals surface area contributed by atoms with Crippen molar-refractivity contribution in [3.8, 4) is 0 Å². The number of nitrogens with two attached hydrogens (primary N) is 1. The van der Waals surface area contributed by atoms with Crippen molar-refractivity contribution in [3.63, 3.8) is 0 Å². The van der Waals surface area contributed by atoms with E-state index in [4.69, 9.17) is 18.0 Å². The first-order valence-corrected chi connectivity index (χ1v) is 6.38. The van der Waals surface area contributed by atoms with E-state index in [1.54, 1.807) is 10.9 Å². The predicted octanol–water partition coefficient (Wildman–Crippen LogP) is 1.68. The normalized spacial score (nSPS) is 10.5. The van der Waals surface area contributed by atoms with Gasteiger partial charge in [-0.1, -0.05) is 12.2 Å². The molecule has 5 nitrogen and oxygen atoms in total. The summed E-state index contributed by atoms with van der Waals surface area (Å²) < 4.78 is 1.76. The van der Waals surface area contributed by atoms with Gasteiger partial charge >= 0.3 is 0 Å². The monoisotopic (exact) mass is 275 g/mol. The molecule has 2 heterocycles. The maximum atomic E-state index is 5.75. The fourth-order valence-electron chi connectivity index (χ4n) is 2.02. The molecule has 0 amide bonds. The van der Waals surface area contributed by atoms with Crippen LogP contribution in [-0.2, 0) is 13.6 Å². The van der Waals surface area contributed by atoms with Crippen molar-refractivity contribution in [2.75, 3.05) is 5.32 Å². The third kappa shape index (κ3) is 2.73. The molecule has 0 radical (unpaired) electrons. The first-order valence-electron chi connectivity index (χ1n) is 5.97. The smallest absolute Gasteiger partial charge is 0.134 e. The van der Waals surface area contributed by atoms with E-state index in [0.29, 0.717) is 11.5 Å². The second-order valence-electron chi connectivity index (χ2n) is 4.45. The van der Waals surface area contributed by atoms with Crippen molar-refractivity contribution in [2.24, 2.45) is 12.8 Å². The topological polar surface area (TPSA) is 68.8 Å². The van der Waals surface area contributed by atoms with E-state index < -0.39 is 0 Å². The van der Waals surface area contributed by atoms with Crippen molar-refractivity contribution < 1.29 is 0 Å². The van der Waals surface area contributed by atoms with Crippen molar-refractivity contribution in [3.05, 3.63) is 40.8 Å². The van der Waals surface area contributed by atoms with Gasteiger partial charge in [0.05, 0.1) is 11.3 Å². The summed E-state index contributed by atoms with van der Waals surface area (Å²) in [6, 6.07) is 1.99. The Balaban J connectivity index is 2.25. The minimum Gasteiger partial charge on any atom is -0.389 e. The van der Waals surface area contributed by atoms with E-state index in [2.05, 4.69) is 22.3 Å². The maximum Gasteiger partial charge on any atom is 0.134 e. The summed E-state index contributed by atoms with van der Waals surface area (Å²) >= 11 is 5.08. The molecule has 0 atom stereocenters. The lowest BCUT2D eigenvalue weighted by atomic mass is 10.1. The second kappa shape index (κ2) is 5.36. The van der Waals surface area contributed by atoms with Gasteiger partial charge in [-0.25, -0.2) is 0 Å². The summed E-state index contributed by atoms with van der Waals surface area (Å²) in [7, 11) is 1.87. The Labute approximate surface area is 117 Å². The highest BCUT2D eigenvalue weighted by atomic mass is 32.1. The molecule has 0 unspecified atom stereocenters. The number of nitrogens with zero attached hydrogens (tertiary/aromatic N) is 3. The lowest BCUT2D eigenvalue weighted by molar-refractivity contribution is 0.757. The largest absolute Gasteiger partial charge is 0.389 e. The van der Waals surface area contributed by atoms with Gasteiger partial charge < -0.3 is 11.1 Å².